The lowest BCUT2D eigenvalue weighted by molar-refractivity contribution is 0.0529. The fraction of sp³-hybridized carbons (Fsp3) is 0.562. The third-order valence-corrected chi connectivity index (χ3v) is 5.30. The molecule has 0 aliphatic carbocycles. The Morgan fingerprint density at radius 1 is 1.43 bits per heavy atom. The zero-order valence-electron chi connectivity index (χ0n) is 13.8. The van der Waals surface area contributed by atoms with Gasteiger partial charge in [-0.2, -0.15) is 0 Å². The van der Waals surface area contributed by atoms with Crippen molar-refractivity contribution in [3.8, 4) is 0 Å². The van der Waals surface area contributed by atoms with Crippen molar-refractivity contribution in [2.75, 3.05) is 38.7 Å². The maximum absolute atomic E-state index is 12.2. The lowest BCUT2D eigenvalue weighted by Gasteiger charge is -2.36. The molecule has 2 aromatic heterocycles. The summed E-state index contributed by atoms with van der Waals surface area (Å²) in [4.78, 5) is 26.4. The Hall–Kier alpha value is -1.73. The van der Waals surface area contributed by atoms with E-state index in [9.17, 15) is 4.79 Å². The maximum atomic E-state index is 12.2. The van der Waals surface area contributed by atoms with Crippen molar-refractivity contribution in [3.63, 3.8) is 0 Å². The van der Waals surface area contributed by atoms with Crippen LogP contribution in [0.1, 0.15) is 30.1 Å². The third kappa shape index (κ3) is 3.16. The van der Waals surface area contributed by atoms with Gasteiger partial charge in [-0.1, -0.05) is 0 Å². The standard InChI is InChI=1S/C16H22N4O2S/c1-4-22-16(21)12-9-23-15-13(12)14(17-10-18-15)20(3)11-5-7-19(2)8-6-11/h9-11H,4-8H2,1-3H3. The summed E-state index contributed by atoms with van der Waals surface area (Å²) < 4.78 is 5.18. The number of nitrogens with zero attached hydrogens (tertiary/aromatic N) is 4. The van der Waals surface area contributed by atoms with Gasteiger partial charge >= 0.3 is 5.97 Å². The largest absolute Gasteiger partial charge is 0.462 e. The van der Waals surface area contributed by atoms with Crippen LogP contribution < -0.4 is 4.90 Å². The van der Waals surface area contributed by atoms with Gasteiger partial charge in [0.2, 0.25) is 0 Å². The number of esters is 1. The quantitative estimate of drug-likeness (QED) is 0.800. The van der Waals surface area contributed by atoms with Crippen molar-refractivity contribution >= 4 is 33.3 Å². The third-order valence-electron chi connectivity index (χ3n) is 4.42. The van der Waals surface area contributed by atoms with Gasteiger partial charge in [-0.15, -0.1) is 11.3 Å². The molecule has 1 saturated heterocycles. The van der Waals surface area contributed by atoms with Gasteiger partial charge in [0.1, 0.15) is 17.0 Å². The number of piperidine rings is 1. The molecule has 0 atom stereocenters. The smallest absolute Gasteiger partial charge is 0.339 e. The number of carbonyl (C=O) groups excluding carboxylic acids is 1. The van der Waals surface area contributed by atoms with Crippen LogP contribution in [0.4, 0.5) is 5.82 Å². The molecule has 0 radical (unpaired) electrons. The number of fused-ring (bicyclic) bond motifs is 1. The topological polar surface area (TPSA) is 58.6 Å². The number of carbonyl (C=O) groups is 1. The van der Waals surface area contributed by atoms with E-state index in [1.807, 2.05) is 12.3 Å². The highest BCUT2D eigenvalue weighted by Gasteiger charge is 2.25. The van der Waals surface area contributed by atoms with Crippen LogP contribution in [0, 0.1) is 0 Å². The van der Waals surface area contributed by atoms with Crippen LogP contribution in [0.25, 0.3) is 10.2 Å². The Morgan fingerprint density at radius 2 is 2.17 bits per heavy atom. The molecule has 0 unspecified atom stereocenters. The highest BCUT2D eigenvalue weighted by Crippen LogP contribution is 2.33. The van der Waals surface area contributed by atoms with Gasteiger partial charge in [0.05, 0.1) is 17.6 Å². The predicted molar refractivity (Wildman–Crippen MR) is 92.3 cm³/mol. The van der Waals surface area contributed by atoms with Crippen molar-refractivity contribution in [1.82, 2.24) is 14.9 Å². The summed E-state index contributed by atoms with van der Waals surface area (Å²) >= 11 is 1.46. The average molecular weight is 334 g/mol. The van der Waals surface area contributed by atoms with Crippen LogP contribution in [0.5, 0.6) is 0 Å². The fourth-order valence-electron chi connectivity index (χ4n) is 3.04. The Morgan fingerprint density at radius 3 is 2.87 bits per heavy atom. The Bertz CT molecular complexity index is 694. The Balaban J connectivity index is 1.96. The molecule has 2 aromatic rings. The predicted octanol–water partition coefficient (Wildman–Crippen LogP) is 2.40. The van der Waals surface area contributed by atoms with Gasteiger partial charge in [-0.25, -0.2) is 14.8 Å². The molecule has 0 spiro atoms. The lowest BCUT2D eigenvalue weighted by atomic mass is 10.0. The molecule has 3 heterocycles. The van der Waals surface area contributed by atoms with Crippen LogP contribution in [0.3, 0.4) is 0 Å². The summed E-state index contributed by atoms with van der Waals surface area (Å²) in [7, 11) is 4.21. The van der Waals surface area contributed by atoms with E-state index >= 15 is 0 Å². The summed E-state index contributed by atoms with van der Waals surface area (Å²) in [5.41, 5.74) is 0.572. The molecule has 6 nitrogen and oxygen atoms in total. The van der Waals surface area contributed by atoms with Crippen molar-refractivity contribution in [3.05, 3.63) is 17.3 Å². The van der Waals surface area contributed by atoms with Gasteiger partial charge < -0.3 is 14.5 Å². The monoisotopic (exact) mass is 334 g/mol. The first-order chi connectivity index (χ1) is 11.1. The van der Waals surface area contributed by atoms with E-state index in [2.05, 4.69) is 33.9 Å². The highest BCUT2D eigenvalue weighted by molar-refractivity contribution is 7.17. The number of rotatable bonds is 4. The highest BCUT2D eigenvalue weighted by atomic mass is 32.1. The van der Waals surface area contributed by atoms with Crippen LogP contribution in [0.15, 0.2) is 11.7 Å². The van der Waals surface area contributed by atoms with Crippen LogP contribution in [0.2, 0.25) is 0 Å². The number of thiophene rings is 1. The van der Waals surface area contributed by atoms with Crippen molar-refractivity contribution in [1.29, 1.82) is 0 Å². The molecule has 23 heavy (non-hydrogen) atoms. The van der Waals surface area contributed by atoms with Crippen LogP contribution >= 0.6 is 11.3 Å². The maximum Gasteiger partial charge on any atom is 0.339 e. The number of ether oxygens (including phenoxy) is 1. The molecule has 124 valence electrons. The number of anilines is 1. The van der Waals surface area contributed by atoms with E-state index < -0.39 is 0 Å². The lowest BCUT2D eigenvalue weighted by Crippen LogP contribution is -2.42. The Kier molecular flexibility index (Phi) is 4.77. The first kappa shape index (κ1) is 16.1. The number of hydrogen-bond acceptors (Lipinski definition) is 7. The van der Waals surface area contributed by atoms with Crippen molar-refractivity contribution < 1.29 is 9.53 Å². The van der Waals surface area contributed by atoms with Gasteiger partial charge in [0, 0.05) is 18.5 Å². The first-order valence-electron chi connectivity index (χ1n) is 7.92. The van der Waals surface area contributed by atoms with E-state index in [0.29, 0.717) is 18.2 Å². The normalized spacial score (nSPS) is 16.7. The molecule has 0 saturated carbocycles. The second-order valence-corrected chi connectivity index (χ2v) is 6.75. The first-order valence-corrected chi connectivity index (χ1v) is 8.80. The van der Waals surface area contributed by atoms with Gasteiger partial charge in [0.15, 0.2) is 0 Å². The van der Waals surface area contributed by atoms with Crippen molar-refractivity contribution in [2.24, 2.45) is 0 Å². The number of hydrogen-bond donors (Lipinski definition) is 0. The zero-order valence-corrected chi connectivity index (χ0v) is 14.6. The summed E-state index contributed by atoms with van der Waals surface area (Å²) in [6, 6.07) is 0.430. The van der Waals surface area contributed by atoms with Gasteiger partial charge in [0.25, 0.3) is 0 Å². The summed E-state index contributed by atoms with van der Waals surface area (Å²) in [6.07, 6.45) is 3.77. The van der Waals surface area contributed by atoms with Crippen molar-refractivity contribution in [2.45, 2.75) is 25.8 Å². The molecule has 0 N–H and O–H groups in total. The van der Waals surface area contributed by atoms with E-state index in [-0.39, 0.29) is 5.97 Å². The minimum Gasteiger partial charge on any atom is -0.462 e. The molecule has 1 aliphatic heterocycles. The summed E-state index contributed by atoms with van der Waals surface area (Å²) in [5, 5.41) is 2.64. The zero-order chi connectivity index (χ0) is 16.4. The molecular formula is C16H22N4O2S. The molecule has 0 bridgehead atoms. The SMILES string of the molecule is CCOC(=O)c1csc2ncnc(N(C)C3CCN(C)CC3)c12. The van der Waals surface area contributed by atoms with Crippen LogP contribution in [-0.2, 0) is 4.74 Å². The molecule has 0 aromatic carbocycles. The molecular weight excluding hydrogens is 312 g/mol. The number of aromatic nitrogens is 2. The molecule has 1 aliphatic rings. The molecule has 1 fully saturated rings. The van der Waals surface area contributed by atoms with E-state index in [1.165, 1.54) is 11.3 Å². The van der Waals surface area contributed by atoms with E-state index in [0.717, 1.165) is 42.0 Å². The van der Waals surface area contributed by atoms with E-state index in [4.69, 9.17) is 4.74 Å². The molecule has 3 rings (SSSR count). The van der Waals surface area contributed by atoms with Crippen LogP contribution in [-0.4, -0.2) is 60.7 Å². The molecule has 0 amide bonds. The molecule has 7 heteroatoms. The van der Waals surface area contributed by atoms with Gasteiger partial charge in [-0.05, 0) is 39.9 Å². The number of likely N-dealkylation sites (tertiary alicyclic amines) is 1. The second kappa shape index (κ2) is 6.80. The fourth-order valence-corrected chi connectivity index (χ4v) is 3.91. The van der Waals surface area contributed by atoms with E-state index in [1.54, 1.807) is 6.33 Å². The summed E-state index contributed by atoms with van der Waals surface area (Å²) in [6.45, 7) is 4.34. The summed E-state index contributed by atoms with van der Waals surface area (Å²) in [5.74, 6) is 0.528. The Labute approximate surface area is 140 Å². The van der Waals surface area contributed by atoms with Gasteiger partial charge in [-0.3, -0.25) is 0 Å². The average Bonchev–Trinajstić information content (AvgIpc) is 2.99. The second-order valence-electron chi connectivity index (χ2n) is 5.89. The minimum absolute atomic E-state index is 0.299. The minimum atomic E-state index is -0.299.